The number of aromatic amines is 1. The summed E-state index contributed by atoms with van der Waals surface area (Å²) in [7, 11) is 1.55. The minimum absolute atomic E-state index is 0.143. The van der Waals surface area contributed by atoms with Crippen LogP contribution in [0.3, 0.4) is 0 Å². The lowest BCUT2D eigenvalue weighted by atomic mass is 10.3. The lowest BCUT2D eigenvalue weighted by Crippen LogP contribution is -2.12. The van der Waals surface area contributed by atoms with E-state index in [9.17, 15) is 4.79 Å². The Morgan fingerprint density at radius 2 is 2.36 bits per heavy atom. The van der Waals surface area contributed by atoms with Gasteiger partial charge in [-0.25, -0.2) is 4.98 Å². The van der Waals surface area contributed by atoms with Crippen molar-refractivity contribution < 1.29 is 9.53 Å². The molecule has 0 radical (unpaired) electrons. The van der Waals surface area contributed by atoms with E-state index < -0.39 is 5.91 Å². The minimum atomic E-state index is -0.580. The third-order valence-electron chi connectivity index (χ3n) is 1.93. The first-order valence-electron chi connectivity index (χ1n) is 4.05. The van der Waals surface area contributed by atoms with Crippen LogP contribution < -0.4 is 10.5 Å². The first kappa shape index (κ1) is 8.55. The Morgan fingerprint density at radius 1 is 1.57 bits per heavy atom. The predicted octanol–water partition coefficient (Wildman–Crippen LogP) is 0.670. The number of benzene rings is 1. The highest BCUT2D eigenvalue weighted by Gasteiger charge is 2.10. The van der Waals surface area contributed by atoms with Crippen LogP contribution in [0.5, 0.6) is 5.75 Å². The number of hydrogen-bond acceptors (Lipinski definition) is 3. The lowest BCUT2D eigenvalue weighted by Gasteiger charge is -1.97. The number of para-hydroxylation sites is 1. The number of nitrogens with two attached hydrogens (primary N) is 1. The number of hydrogen-bond donors (Lipinski definition) is 2. The van der Waals surface area contributed by atoms with E-state index in [1.54, 1.807) is 19.2 Å². The normalized spacial score (nSPS) is 10.4. The number of rotatable bonds is 2. The monoisotopic (exact) mass is 191 g/mol. The fourth-order valence-electron chi connectivity index (χ4n) is 1.29. The average molecular weight is 191 g/mol. The zero-order valence-electron chi connectivity index (χ0n) is 7.57. The molecule has 14 heavy (non-hydrogen) atoms. The maximum Gasteiger partial charge on any atom is 0.284 e. The molecule has 0 saturated heterocycles. The molecule has 1 aromatic heterocycles. The molecule has 5 nitrogen and oxygen atoms in total. The number of ether oxygens (including phenoxy) is 1. The van der Waals surface area contributed by atoms with Gasteiger partial charge in [-0.3, -0.25) is 4.79 Å². The fourth-order valence-corrected chi connectivity index (χ4v) is 1.29. The zero-order chi connectivity index (χ0) is 10.1. The molecule has 0 aliphatic rings. The number of carbonyl (C=O) groups is 1. The van der Waals surface area contributed by atoms with E-state index in [1.165, 1.54) is 0 Å². The summed E-state index contributed by atoms with van der Waals surface area (Å²) < 4.78 is 5.09. The molecule has 2 aromatic rings. The van der Waals surface area contributed by atoms with Crippen molar-refractivity contribution in [3.05, 3.63) is 24.0 Å². The van der Waals surface area contributed by atoms with Crippen LogP contribution in [0.4, 0.5) is 0 Å². The highest BCUT2D eigenvalue weighted by atomic mass is 16.5. The van der Waals surface area contributed by atoms with E-state index in [2.05, 4.69) is 9.97 Å². The lowest BCUT2D eigenvalue weighted by molar-refractivity contribution is 0.0991. The van der Waals surface area contributed by atoms with Crippen LogP contribution in [-0.4, -0.2) is 23.0 Å². The quantitative estimate of drug-likeness (QED) is 0.732. The Labute approximate surface area is 79.9 Å². The van der Waals surface area contributed by atoms with E-state index in [0.29, 0.717) is 11.3 Å². The second-order valence-electron chi connectivity index (χ2n) is 2.81. The van der Waals surface area contributed by atoms with E-state index in [0.717, 1.165) is 5.52 Å². The van der Waals surface area contributed by atoms with E-state index in [1.807, 2.05) is 6.07 Å². The number of methoxy groups -OCH3 is 1. The van der Waals surface area contributed by atoms with Gasteiger partial charge in [-0.05, 0) is 12.1 Å². The van der Waals surface area contributed by atoms with Crippen molar-refractivity contribution in [1.29, 1.82) is 0 Å². The van der Waals surface area contributed by atoms with Crippen LogP contribution >= 0.6 is 0 Å². The van der Waals surface area contributed by atoms with Crippen molar-refractivity contribution in [2.45, 2.75) is 0 Å². The second kappa shape index (κ2) is 3.02. The van der Waals surface area contributed by atoms with Crippen LogP contribution in [0.2, 0.25) is 0 Å². The van der Waals surface area contributed by atoms with Crippen LogP contribution in [-0.2, 0) is 0 Å². The number of imidazole rings is 1. The predicted molar refractivity (Wildman–Crippen MR) is 51.2 cm³/mol. The average Bonchev–Trinajstić information content (AvgIpc) is 2.60. The van der Waals surface area contributed by atoms with Crippen molar-refractivity contribution in [3.8, 4) is 5.75 Å². The molecule has 1 aromatic carbocycles. The number of H-pyrrole nitrogens is 1. The highest BCUT2D eigenvalue weighted by Crippen LogP contribution is 2.22. The molecular weight excluding hydrogens is 182 g/mol. The van der Waals surface area contributed by atoms with Crippen LogP contribution in [0, 0.1) is 0 Å². The third kappa shape index (κ3) is 1.19. The third-order valence-corrected chi connectivity index (χ3v) is 1.93. The largest absolute Gasteiger partial charge is 0.494 e. The van der Waals surface area contributed by atoms with Gasteiger partial charge in [-0.1, -0.05) is 6.07 Å². The molecule has 0 saturated carbocycles. The van der Waals surface area contributed by atoms with Crippen LogP contribution in [0.15, 0.2) is 18.2 Å². The molecule has 0 aliphatic heterocycles. The summed E-state index contributed by atoms with van der Waals surface area (Å²) >= 11 is 0. The number of nitrogens with one attached hydrogen (secondary N) is 1. The summed E-state index contributed by atoms with van der Waals surface area (Å²) in [6, 6.07) is 5.38. The van der Waals surface area contributed by atoms with Gasteiger partial charge in [0.1, 0.15) is 11.3 Å². The van der Waals surface area contributed by atoms with E-state index in [-0.39, 0.29) is 5.82 Å². The van der Waals surface area contributed by atoms with Gasteiger partial charge < -0.3 is 15.5 Å². The number of fused-ring (bicyclic) bond motifs is 1. The maximum atomic E-state index is 10.9. The van der Waals surface area contributed by atoms with Gasteiger partial charge in [0.2, 0.25) is 0 Å². The van der Waals surface area contributed by atoms with Gasteiger partial charge in [-0.15, -0.1) is 0 Å². The summed E-state index contributed by atoms with van der Waals surface area (Å²) in [5.74, 6) is 0.180. The molecule has 1 amide bonds. The Hall–Kier alpha value is -2.04. The number of primary amides is 1. The molecule has 0 unspecified atom stereocenters. The molecule has 0 bridgehead atoms. The standard InChI is InChI=1S/C9H9N3O2/c1-14-6-4-2-3-5-7(6)12-9(11-5)8(10)13/h2-4H,1H3,(H2,10,13)(H,11,12). The fraction of sp³-hybridized carbons (Fsp3) is 0.111. The second-order valence-corrected chi connectivity index (χ2v) is 2.81. The van der Waals surface area contributed by atoms with Gasteiger partial charge in [0.05, 0.1) is 12.6 Å². The molecule has 0 spiro atoms. The Morgan fingerprint density at radius 3 is 3.00 bits per heavy atom. The number of nitrogens with zero attached hydrogens (tertiary/aromatic N) is 1. The molecule has 0 aliphatic carbocycles. The van der Waals surface area contributed by atoms with Crippen LogP contribution in [0.25, 0.3) is 11.0 Å². The summed E-state index contributed by atoms with van der Waals surface area (Å²) in [5.41, 5.74) is 6.44. The van der Waals surface area contributed by atoms with E-state index in [4.69, 9.17) is 10.5 Å². The molecule has 1 heterocycles. The first-order valence-corrected chi connectivity index (χ1v) is 4.05. The molecule has 0 atom stereocenters. The Balaban J connectivity index is 2.70. The molecule has 0 fully saturated rings. The smallest absolute Gasteiger partial charge is 0.284 e. The topological polar surface area (TPSA) is 81.0 Å². The highest BCUT2D eigenvalue weighted by molar-refractivity contribution is 5.94. The molecule has 5 heteroatoms. The van der Waals surface area contributed by atoms with Crippen molar-refractivity contribution in [2.75, 3.05) is 7.11 Å². The molecule has 3 N–H and O–H groups in total. The molecule has 72 valence electrons. The number of carbonyl (C=O) groups excluding carboxylic acids is 1. The summed E-state index contributed by atoms with van der Waals surface area (Å²) in [4.78, 5) is 17.7. The Bertz CT molecular complexity index is 490. The van der Waals surface area contributed by atoms with Crippen molar-refractivity contribution in [1.82, 2.24) is 9.97 Å². The van der Waals surface area contributed by atoms with Gasteiger partial charge in [-0.2, -0.15) is 0 Å². The van der Waals surface area contributed by atoms with Gasteiger partial charge >= 0.3 is 0 Å². The Kier molecular flexibility index (Phi) is 1.85. The number of amides is 1. The minimum Gasteiger partial charge on any atom is -0.494 e. The van der Waals surface area contributed by atoms with Crippen molar-refractivity contribution in [2.24, 2.45) is 5.73 Å². The first-order chi connectivity index (χ1) is 6.72. The summed E-state index contributed by atoms with van der Waals surface area (Å²) in [6.07, 6.45) is 0. The summed E-state index contributed by atoms with van der Waals surface area (Å²) in [5, 5.41) is 0. The zero-order valence-corrected chi connectivity index (χ0v) is 7.57. The van der Waals surface area contributed by atoms with Crippen LogP contribution in [0.1, 0.15) is 10.6 Å². The van der Waals surface area contributed by atoms with Crippen molar-refractivity contribution in [3.63, 3.8) is 0 Å². The maximum absolute atomic E-state index is 10.9. The van der Waals surface area contributed by atoms with Gasteiger partial charge in [0.25, 0.3) is 5.91 Å². The molecular formula is C9H9N3O2. The van der Waals surface area contributed by atoms with Crippen molar-refractivity contribution >= 4 is 16.9 Å². The summed E-state index contributed by atoms with van der Waals surface area (Å²) in [6.45, 7) is 0. The van der Waals surface area contributed by atoms with Gasteiger partial charge in [0, 0.05) is 0 Å². The number of aromatic nitrogens is 2. The molecule has 2 rings (SSSR count). The van der Waals surface area contributed by atoms with Gasteiger partial charge in [0.15, 0.2) is 5.82 Å². The SMILES string of the molecule is COc1cccc2[nH]c(C(N)=O)nc12. The van der Waals surface area contributed by atoms with E-state index >= 15 is 0 Å².